The van der Waals surface area contributed by atoms with Crippen molar-refractivity contribution >= 4 is 21.6 Å². The highest BCUT2D eigenvalue weighted by atomic mass is 79.9. The van der Waals surface area contributed by atoms with Crippen molar-refractivity contribution in [3.63, 3.8) is 0 Å². The van der Waals surface area contributed by atoms with Gasteiger partial charge in [-0.25, -0.2) is 0 Å². The SMILES string of the molecule is C.Cc1ccccc1C(C/C(=N/O)c1ccc(=O)n(CC2CC2)c1)c1ccc(Br)cc1. The van der Waals surface area contributed by atoms with Gasteiger partial charge in [-0.3, -0.25) is 4.79 Å². The molecule has 1 heterocycles. The van der Waals surface area contributed by atoms with Gasteiger partial charge in [0.05, 0.1) is 5.71 Å². The highest BCUT2D eigenvalue weighted by Gasteiger charge is 2.23. The Bertz CT molecular complexity index is 1110. The summed E-state index contributed by atoms with van der Waals surface area (Å²) in [6.45, 7) is 2.84. The van der Waals surface area contributed by atoms with E-state index in [-0.39, 0.29) is 18.9 Å². The molecule has 1 N–H and O–H groups in total. The second kappa shape index (κ2) is 10.1. The molecular weight excluding hydrogens is 452 g/mol. The summed E-state index contributed by atoms with van der Waals surface area (Å²) in [4.78, 5) is 12.2. The molecule has 0 spiro atoms. The molecule has 1 unspecified atom stereocenters. The highest BCUT2D eigenvalue weighted by Crippen LogP contribution is 2.33. The van der Waals surface area contributed by atoms with E-state index in [0.717, 1.165) is 22.1 Å². The van der Waals surface area contributed by atoms with Crippen molar-refractivity contribution in [2.24, 2.45) is 11.1 Å². The van der Waals surface area contributed by atoms with Crippen molar-refractivity contribution in [2.75, 3.05) is 0 Å². The van der Waals surface area contributed by atoms with E-state index in [1.807, 2.05) is 30.5 Å². The molecule has 0 amide bonds. The largest absolute Gasteiger partial charge is 0.411 e. The number of hydrogen-bond acceptors (Lipinski definition) is 3. The third-order valence-corrected chi connectivity index (χ3v) is 6.35. The lowest BCUT2D eigenvalue weighted by molar-refractivity contribution is 0.317. The van der Waals surface area contributed by atoms with Gasteiger partial charge in [0, 0.05) is 41.2 Å². The van der Waals surface area contributed by atoms with E-state index >= 15 is 0 Å². The molecule has 0 bridgehead atoms. The maximum atomic E-state index is 12.2. The lowest BCUT2D eigenvalue weighted by Crippen LogP contribution is -2.22. The normalized spacial score (nSPS) is 14.7. The Labute approximate surface area is 192 Å². The summed E-state index contributed by atoms with van der Waals surface area (Å²) in [5, 5.41) is 13.5. The maximum absolute atomic E-state index is 12.2. The van der Waals surface area contributed by atoms with Crippen molar-refractivity contribution in [1.82, 2.24) is 4.57 Å². The third kappa shape index (κ3) is 5.53. The quantitative estimate of drug-likeness (QED) is 0.242. The van der Waals surface area contributed by atoms with Crippen LogP contribution in [0.3, 0.4) is 0 Å². The molecule has 4 nitrogen and oxygen atoms in total. The average Bonchev–Trinajstić information content (AvgIpc) is 3.57. The van der Waals surface area contributed by atoms with E-state index in [1.54, 1.807) is 16.7 Å². The fourth-order valence-corrected chi connectivity index (χ4v) is 4.18. The summed E-state index contributed by atoms with van der Waals surface area (Å²) < 4.78 is 2.78. The van der Waals surface area contributed by atoms with Crippen LogP contribution in [-0.4, -0.2) is 15.5 Å². The molecule has 5 heteroatoms. The average molecular weight is 481 g/mol. The van der Waals surface area contributed by atoms with Crippen LogP contribution in [0.5, 0.6) is 0 Å². The molecular formula is C26H29BrN2O2. The number of rotatable bonds is 7. The summed E-state index contributed by atoms with van der Waals surface area (Å²) in [5.74, 6) is 0.629. The molecule has 4 rings (SSSR count). The van der Waals surface area contributed by atoms with Gasteiger partial charge >= 0.3 is 0 Å². The molecule has 0 aliphatic heterocycles. The van der Waals surface area contributed by atoms with Gasteiger partial charge in [-0.15, -0.1) is 0 Å². The van der Waals surface area contributed by atoms with E-state index in [9.17, 15) is 10.0 Å². The topological polar surface area (TPSA) is 54.6 Å². The number of pyridine rings is 1. The van der Waals surface area contributed by atoms with E-state index in [1.165, 1.54) is 24.0 Å². The molecule has 1 aromatic heterocycles. The Morgan fingerprint density at radius 1 is 1.13 bits per heavy atom. The fraction of sp³-hybridized carbons (Fsp3) is 0.308. The van der Waals surface area contributed by atoms with Crippen molar-refractivity contribution in [2.45, 2.75) is 46.1 Å². The van der Waals surface area contributed by atoms with E-state index in [0.29, 0.717) is 18.1 Å². The highest BCUT2D eigenvalue weighted by molar-refractivity contribution is 9.10. The molecule has 1 saturated carbocycles. The fourth-order valence-electron chi connectivity index (χ4n) is 3.91. The van der Waals surface area contributed by atoms with Crippen LogP contribution in [-0.2, 0) is 6.54 Å². The van der Waals surface area contributed by atoms with Gasteiger partial charge in [-0.1, -0.05) is 64.9 Å². The molecule has 3 aromatic rings. The number of aryl methyl sites for hydroxylation is 1. The molecule has 0 saturated heterocycles. The molecule has 1 aliphatic carbocycles. The van der Waals surface area contributed by atoms with Crippen LogP contribution < -0.4 is 5.56 Å². The second-order valence-electron chi connectivity index (χ2n) is 8.06. The molecule has 1 aliphatic rings. The first-order chi connectivity index (χ1) is 14.5. The number of nitrogens with zero attached hydrogens (tertiary/aromatic N) is 2. The first-order valence-corrected chi connectivity index (χ1v) is 11.1. The predicted octanol–water partition coefficient (Wildman–Crippen LogP) is 6.37. The zero-order valence-corrected chi connectivity index (χ0v) is 18.5. The summed E-state index contributed by atoms with van der Waals surface area (Å²) in [6.07, 6.45) is 4.73. The number of aromatic nitrogens is 1. The van der Waals surface area contributed by atoms with Gasteiger partial charge < -0.3 is 9.77 Å². The zero-order chi connectivity index (χ0) is 21.1. The first-order valence-electron chi connectivity index (χ1n) is 10.3. The Balaban J connectivity index is 0.00000272. The van der Waals surface area contributed by atoms with Crippen molar-refractivity contribution in [3.8, 4) is 0 Å². The van der Waals surface area contributed by atoms with Gasteiger partial charge in [0.15, 0.2) is 0 Å². The Hall–Kier alpha value is -2.66. The lowest BCUT2D eigenvalue weighted by atomic mass is 9.83. The van der Waals surface area contributed by atoms with Crippen molar-refractivity contribution in [1.29, 1.82) is 0 Å². The van der Waals surface area contributed by atoms with Crippen LogP contribution in [0.15, 0.2) is 81.3 Å². The third-order valence-electron chi connectivity index (χ3n) is 5.82. The number of hydrogen-bond donors (Lipinski definition) is 1. The summed E-state index contributed by atoms with van der Waals surface area (Å²) in [5.41, 5.74) is 4.91. The summed E-state index contributed by atoms with van der Waals surface area (Å²) >= 11 is 3.51. The Morgan fingerprint density at radius 2 is 1.84 bits per heavy atom. The standard InChI is InChI=1S/C25H25BrN2O2.CH4/c1-17-4-2-3-5-22(17)23(19-8-11-21(26)12-9-19)14-24(27-30)20-10-13-25(29)28(16-20)15-18-6-7-18;/h2-5,8-13,16,18,23,30H,6-7,14-15H2,1H3;1H4/b27-24-;. The van der Waals surface area contributed by atoms with Crippen LogP contribution >= 0.6 is 15.9 Å². The first kappa shape index (κ1) is 23.0. The minimum absolute atomic E-state index is 0. The van der Waals surface area contributed by atoms with Crippen LogP contribution in [0.25, 0.3) is 0 Å². The van der Waals surface area contributed by atoms with Crippen molar-refractivity contribution < 1.29 is 5.21 Å². The van der Waals surface area contributed by atoms with Crippen LogP contribution in [0.4, 0.5) is 0 Å². The van der Waals surface area contributed by atoms with Gasteiger partial charge in [0.2, 0.25) is 0 Å². The molecule has 0 radical (unpaired) electrons. The van der Waals surface area contributed by atoms with E-state index in [4.69, 9.17) is 0 Å². The minimum Gasteiger partial charge on any atom is -0.411 e. The molecule has 1 atom stereocenters. The molecule has 162 valence electrons. The maximum Gasteiger partial charge on any atom is 0.250 e. The van der Waals surface area contributed by atoms with Crippen molar-refractivity contribution in [3.05, 3.63) is 104 Å². The van der Waals surface area contributed by atoms with E-state index in [2.05, 4.69) is 52.3 Å². The van der Waals surface area contributed by atoms with Crippen LogP contribution in [0, 0.1) is 12.8 Å². The number of benzene rings is 2. The van der Waals surface area contributed by atoms with Gasteiger partial charge in [0.25, 0.3) is 5.56 Å². The lowest BCUT2D eigenvalue weighted by Gasteiger charge is -2.21. The predicted molar refractivity (Wildman–Crippen MR) is 130 cm³/mol. The number of halogens is 1. The minimum atomic E-state index is -0.00805. The van der Waals surface area contributed by atoms with Gasteiger partial charge in [0.1, 0.15) is 0 Å². The Kier molecular flexibility index (Phi) is 7.50. The second-order valence-corrected chi connectivity index (χ2v) is 8.98. The molecule has 31 heavy (non-hydrogen) atoms. The summed E-state index contributed by atoms with van der Waals surface area (Å²) in [6, 6.07) is 19.9. The van der Waals surface area contributed by atoms with Crippen LogP contribution in [0.1, 0.15) is 54.9 Å². The molecule has 1 fully saturated rings. The Morgan fingerprint density at radius 3 is 2.48 bits per heavy atom. The summed E-state index contributed by atoms with van der Waals surface area (Å²) in [7, 11) is 0. The zero-order valence-electron chi connectivity index (χ0n) is 17.0. The number of oxime groups is 1. The smallest absolute Gasteiger partial charge is 0.250 e. The van der Waals surface area contributed by atoms with Gasteiger partial charge in [-0.2, -0.15) is 0 Å². The molecule has 2 aromatic carbocycles. The van der Waals surface area contributed by atoms with Crippen LogP contribution in [0.2, 0.25) is 0 Å². The monoisotopic (exact) mass is 480 g/mol. The van der Waals surface area contributed by atoms with E-state index < -0.39 is 0 Å². The van der Waals surface area contributed by atoms with Gasteiger partial charge in [-0.05, 0) is 60.6 Å².